The molecule has 1 heteroatoms. The lowest BCUT2D eigenvalue weighted by molar-refractivity contribution is 0.407. The minimum atomic E-state index is 0.561. The van der Waals surface area contributed by atoms with E-state index >= 15 is 0 Å². The number of rotatable bonds is 2. The zero-order valence-electron chi connectivity index (χ0n) is 5.48. The van der Waals surface area contributed by atoms with Gasteiger partial charge >= 0.3 is 0 Å². The van der Waals surface area contributed by atoms with Gasteiger partial charge in [-0.1, -0.05) is 11.6 Å². The molecule has 0 amide bonds. The smallest absolute Gasteiger partial charge is 0.0846 e. The maximum absolute atomic E-state index is 5.04. The first-order valence-electron chi connectivity index (χ1n) is 3.06. The predicted molar refractivity (Wildman–Crippen MR) is 33.8 cm³/mol. The normalized spacial score (nSPS) is 28.2. The predicted octanol–water partition coefficient (Wildman–Crippen LogP) is 1.74. The fourth-order valence-electron chi connectivity index (χ4n) is 0.663. The molecule has 0 aliphatic carbocycles. The third-order valence-corrected chi connectivity index (χ3v) is 1.44. The SMILES string of the molecule is CC=C(C)CC1CO1. The second-order valence-electron chi connectivity index (χ2n) is 2.29. The molecule has 1 aliphatic rings. The fourth-order valence-corrected chi connectivity index (χ4v) is 0.663. The second-order valence-corrected chi connectivity index (χ2v) is 2.29. The Kier molecular flexibility index (Phi) is 1.69. The van der Waals surface area contributed by atoms with Crippen molar-refractivity contribution in [2.45, 2.75) is 26.4 Å². The van der Waals surface area contributed by atoms with E-state index in [9.17, 15) is 0 Å². The highest BCUT2D eigenvalue weighted by Crippen LogP contribution is 2.17. The van der Waals surface area contributed by atoms with Gasteiger partial charge in [-0.15, -0.1) is 0 Å². The molecule has 1 atom stereocenters. The van der Waals surface area contributed by atoms with E-state index in [1.807, 2.05) is 0 Å². The monoisotopic (exact) mass is 112 g/mol. The van der Waals surface area contributed by atoms with Crippen molar-refractivity contribution in [3.8, 4) is 0 Å². The lowest BCUT2D eigenvalue weighted by Crippen LogP contribution is -1.84. The average Bonchev–Trinajstić information content (AvgIpc) is 2.50. The highest BCUT2D eigenvalue weighted by atomic mass is 16.6. The molecule has 46 valence electrons. The minimum absolute atomic E-state index is 0.561. The molecule has 1 rings (SSSR count). The van der Waals surface area contributed by atoms with Crippen molar-refractivity contribution in [3.05, 3.63) is 11.6 Å². The van der Waals surface area contributed by atoms with Crippen LogP contribution in [-0.4, -0.2) is 12.7 Å². The molecule has 0 aromatic heterocycles. The average molecular weight is 112 g/mol. The Balaban J connectivity index is 2.16. The van der Waals surface area contributed by atoms with Crippen molar-refractivity contribution >= 4 is 0 Å². The Labute approximate surface area is 50.3 Å². The first-order valence-corrected chi connectivity index (χ1v) is 3.06. The summed E-state index contributed by atoms with van der Waals surface area (Å²) in [6, 6.07) is 0. The van der Waals surface area contributed by atoms with Crippen LogP contribution in [0, 0.1) is 0 Å². The van der Waals surface area contributed by atoms with Gasteiger partial charge in [0.2, 0.25) is 0 Å². The van der Waals surface area contributed by atoms with E-state index in [1.54, 1.807) is 0 Å². The third kappa shape index (κ3) is 1.66. The molecular weight excluding hydrogens is 100 g/mol. The molecule has 0 bridgehead atoms. The Morgan fingerprint density at radius 1 is 1.88 bits per heavy atom. The van der Waals surface area contributed by atoms with Gasteiger partial charge in [-0.25, -0.2) is 0 Å². The highest BCUT2D eigenvalue weighted by Gasteiger charge is 2.21. The van der Waals surface area contributed by atoms with Crippen LogP contribution >= 0.6 is 0 Å². The van der Waals surface area contributed by atoms with Crippen LogP contribution in [-0.2, 0) is 4.74 Å². The second kappa shape index (κ2) is 2.31. The molecule has 8 heavy (non-hydrogen) atoms. The zero-order valence-corrected chi connectivity index (χ0v) is 5.48. The number of ether oxygens (including phenoxy) is 1. The van der Waals surface area contributed by atoms with Gasteiger partial charge in [0, 0.05) is 0 Å². The molecule has 1 unspecified atom stereocenters. The fraction of sp³-hybridized carbons (Fsp3) is 0.714. The van der Waals surface area contributed by atoms with E-state index in [4.69, 9.17) is 4.74 Å². The topological polar surface area (TPSA) is 12.5 Å². The van der Waals surface area contributed by atoms with Crippen LogP contribution in [0.3, 0.4) is 0 Å². The van der Waals surface area contributed by atoms with Gasteiger partial charge < -0.3 is 4.74 Å². The third-order valence-electron chi connectivity index (χ3n) is 1.44. The molecule has 0 radical (unpaired) electrons. The van der Waals surface area contributed by atoms with Gasteiger partial charge in [-0.2, -0.15) is 0 Å². The summed E-state index contributed by atoms with van der Waals surface area (Å²) >= 11 is 0. The number of hydrogen-bond acceptors (Lipinski definition) is 1. The van der Waals surface area contributed by atoms with Crippen molar-refractivity contribution in [1.82, 2.24) is 0 Å². The number of epoxide rings is 1. The highest BCUT2D eigenvalue weighted by molar-refractivity contribution is 4.99. The van der Waals surface area contributed by atoms with E-state index in [0.29, 0.717) is 6.10 Å². The summed E-state index contributed by atoms with van der Waals surface area (Å²) in [6.07, 6.45) is 3.84. The number of allylic oxidation sites excluding steroid dienone is 1. The van der Waals surface area contributed by atoms with Crippen LogP contribution in [0.5, 0.6) is 0 Å². The summed E-state index contributed by atoms with van der Waals surface area (Å²) in [5.74, 6) is 0. The van der Waals surface area contributed by atoms with Gasteiger partial charge in [0.25, 0.3) is 0 Å². The molecular formula is C7H12O. The van der Waals surface area contributed by atoms with Crippen LogP contribution < -0.4 is 0 Å². The zero-order chi connectivity index (χ0) is 5.98. The lowest BCUT2D eigenvalue weighted by Gasteiger charge is -1.91. The molecule has 1 saturated heterocycles. The molecule has 1 fully saturated rings. The Morgan fingerprint density at radius 3 is 2.88 bits per heavy atom. The van der Waals surface area contributed by atoms with Crippen molar-refractivity contribution in [1.29, 1.82) is 0 Å². The largest absolute Gasteiger partial charge is 0.373 e. The molecule has 1 nitrogen and oxygen atoms in total. The van der Waals surface area contributed by atoms with Gasteiger partial charge in [-0.3, -0.25) is 0 Å². The Bertz CT molecular complexity index is 101. The van der Waals surface area contributed by atoms with Crippen LogP contribution in [0.2, 0.25) is 0 Å². The summed E-state index contributed by atoms with van der Waals surface area (Å²) in [7, 11) is 0. The summed E-state index contributed by atoms with van der Waals surface area (Å²) in [6.45, 7) is 5.19. The molecule has 0 aromatic carbocycles. The number of hydrogen-bond donors (Lipinski definition) is 0. The first-order chi connectivity index (χ1) is 3.83. The summed E-state index contributed by atoms with van der Waals surface area (Å²) < 4.78 is 5.04. The quantitative estimate of drug-likeness (QED) is 0.391. The molecule has 1 heterocycles. The Hall–Kier alpha value is -0.300. The van der Waals surface area contributed by atoms with Crippen molar-refractivity contribution in [3.63, 3.8) is 0 Å². The molecule has 0 spiro atoms. The van der Waals surface area contributed by atoms with E-state index in [1.165, 1.54) is 5.57 Å². The van der Waals surface area contributed by atoms with Gasteiger partial charge in [0.1, 0.15) is 0 Å². The molecule has 0 aromatic rings. The maximum atomic E-state index is 5.04. The van der Waals surface area contributed by atoms with Crippen LogP contribution in [0.25, 0.3) is 0 Å². The van der Waals surface area contributed by atoms with Crippen LogP contribution in [0.1, 0.15) is 20.3 Å². The van der Waals surface area contributed by atoms with Gasteiger partial charge in [0.05, 0.1) is 12.7 Å². The standard InChI is InChI=1S/C7H12O/c1-3-6(2)4-7-5-8-7/h3,7H,4-5H2,1-2H3. The van der Waals surface area contributed by atoms with E-state index in [-0.39, 0.29) is 0 Å². The lowest BCUT2D eigenvalue weighted by atomic mass is 10.2. The van der Waals surface area contributed by atoms with Crippen LogP contribution in [0.15, 0.2) is 11.6 Å². The van der Waals surface area contributed by atoms with E-state index in [0.717, 1.165) is 13.0 Å². The first kappa shape index (κ1) is 5.83. The van der Waals surface area contributed by atoms with Crippen molar-refractivity contribution < 1.29 is 4.74 Å². The molecule has 1 aliphatic heterocycles. The van der Waals surface area contributed by atoms with Gasteiger partial charge in [0.15, 0.2) is 0 Å². The maximum Gasteiger partial charge on any atom is 0.0846 e. The van der Waals surface area contributed by atoms with Gasteiger partial charge in [-0.05, 0) is 20.3 Å². The van der Waals surface area contributed by atoms with Crippen molar-refractivity contribution in [2.24, 2.45) is 0 Å². The minimum Gasteiger partial charge on any atom is -0.373 e. The van der Waals surface area contributed by atoms with Crippen molar-refractivity contribution in [2.75, 3.05) is 6.61 Å². The van der Waals surface area contributed by atoms with E-state index < -0.39 is 0 Å². The van der Waals surface area contributed by atoms with E-state index in [2.05, 4.69) is 19.9 Å². The Morgan fingerprint density at radius 2 is 2.50 bits per heavy atom. The molecule has 0 N–H and O–H groups in total. The summed E-state index contributed by atoms with van der Waals surface area (Å²) in [4.78, 5) is 0. The van der Waals surface area contributed by atoms with Crippen LogP contribution in [0.4, 0.5) is 0 Å². The summed E-state index contributed by atoms with van der Waals surface area (Å²) in [5.41, 5.74) is 1.44. The molecule has 0 saturated carbocycles. The summed E-state index contributed by atoms with van der Waals surface area (Å²) in [5, 5.41) is 0.